The number of fused-ring (bicyclic) bond motifs is 1. The van der Waals surface area contributed by atoms with E-state index in [1.807, 2.05) is 18.2 Å². The normalized spacial score (nSPS) is 11.8. The van der Waals surface area contributed by atoms with Crippen LogP contribution in [0.3, 0.4) is 0 Å². The van der Waals surface area contributed by atoms with Crippen molar-refractivity contribution in [1.29, 1.82) is 0 Å². The molecule has 1 N–H and O–H groups in total. The van der Waals surface area contributed by atoms with Crippen LogP contribution in [0.5, 0.6) is 5.75 Å². The minimum atomic E-state index is -0.229. The molecule has 4 aromatic carbocycles. The van der Waals surface area contributed by atoms with E-state index in [1.165, 1.54) is 5.56 Å². The standard InChI is InChI=1S/C36H32N2O2/c1-23(2)26-21-29(34-32(22-26)40-35(38-34)28-16-8-9-18-31(28)39)24-12-10-13-25(20-24)30-17-11-19-33(37-30)36(3,4)27-14-6-5-7-15-27/h5-23,39H,1-4H3. The van der Waals surface area contributed by atoms with Crippen molar-refractivity contribution in [1.82, 2.24) is 9.97 Å². The van der Waals surface area contributed by atoms with Crippen LogP contribution in [0, 0.1) is 0 Å². The molecule has 0 radical (unpaired) electrons. The first-order chi connectivity index (χ1) is 19.3. The number of aromatic hydroxyl groups is 1. The highest BCUT2D eigenvalue weighted by Crippen LogP contribution is 2.38. The van der Waals surface area contributed by atoms with Gasteiger partial charge < -0.3 is 9.52 Å². The molecule has 40 heavy (non-hydrogen) atoms. The average molecular weight is 525 g/mol. The van der Waals surface area contributed by atoms with Gasteiger partial charge in [0, 0.05) is 16.5 Å². The van der Waals surface area contributed by atoms with Crippen LogP contribution in [-0.4, -0.2) is 15.1 Å². The third kappa shape index (κ3) is 4.66. The van der Waals surface area contributed by atoms with E-state index in [4.69, 9.17) is 14.4 Å². The zero-order valence-electron chi connectivity index (χ0n) is 23.2. The summed E-state index contributed by atoms with van der Waals surface area (Å²) in [7, 11) is 0. The molecule has 4 nitrogen and oxygen atoms in total. The van der Waals surface area contributed by atoms with Crippen LogP contribution in [0.1, 0.15) is 50.4 Å². The van der Waals surface area contributed by atoms with Gasteiger partial charge in [-0.1, -0.05) is 94.4 Å². The summed E-state index contributed by atoms with van der Waals surface area (Å²) >= 11 is 0. The lowest BCUT2D eigenvalue weighted by Crippen LogP contribution is -2.20. The van der Waals surface area contributed by atoms with E-state index in [1.54, 1.807) is 12.1 Å². The second kappa shape index (κ2) is 10.1. The Kier molecular flexibility index (Phi) is 6.47. The van der Waals surface area contributed by atoms with Gasteiger partial charge in [0.2, 0.25) is 5.89 Å². The summed E-state index contributed by atoms with van der Waals surface area (Å²) < 4.78 is 6.21. The smallest absolute Gasteiger partial charge is 0.231 e. The molecule has 0 amide bonds. The number of aromatic nitrogens is 2. The molecule has 0 fully saturated rings. The van der Waals surface area contributed by atoms with Gasteiger partial charge in [-0.2, -0.15) is 0 Å². The molecule has 0 unspecified atom stereocenters. The number of phenols is 1. The first-order valence-corrected chi connectivity index (χ1v) is 13.7. The van der Waals surface area contributed by atoms with Crippen molar-refractivity contribution >= 4 is 11.1 Å². The molecular weight excluding hydrogens is 492 g/mol. The SMILES string of the molecule is CC(C)c1cc(-c2cccc(-c3cccc(C(C)(C)c4ccccc4)n3)c2)c2nc(-c3ccccc3O)oc2c1. The molecule has 2 aromatic heterocycles. The van der Waals surface area contributed by atoms with Crippen molar-refractivity contribution < 1.29 is 9.52 Å². The lowest BCUT2D eigenvalue weighted by molar-refractivity contribution is 0.474. The number of hydrogen-bond donors (Lipinski definition) is 1. The summed E-state index contributed by atoms with van der Waals surface area (Å²) in [4.78, 5) is 9.99. The Morgan fingerprint density at radius 3 is 2.20 bits per heavy atom. The quantitative estimate of drug-likeness (QED) is 0.236. The van der Waals surface area contributed by atoms with Crippen molar-refractivity contribution in [3.8, 4) is 39.6 Å². The first kappa shape index (κ1) is 25.6. The van der Waals surface area contributed by atoms with Crippen LogP contribution in [-0.2, 0) is 5.41 Å². The lowest BCUT2D eigenvalue weighted by Gasteiger charge is -2.25. The van der Waals surface area contributed by atoms with Gasteiger partial charge in [-0.15, -0.1) is 0 Å². The highest BCUT2D eigenvalue weighted by atomic mass is 16.3. The zero-order chi connectivity index (χ0) is 27.9. The molecule has 6 rings (SSSR count). The Bertz CT molecular complexity index is 1820. The average Bonchev–Trinajstić information content (AvgIpc) is 3.41. The molecule has 0 bridgehead atoms. The number of hydrogen-bond acceptors (Lipinski definition) is 4. The van der Waals surface area contributed by atoms with Crippen molar-refractivity contribution in [2.45, 2.75) is 39.0 Å². The maximum atomic E-state index is 10.4. The lowest BCUT2D eigenvalue weighted by atomic mass is 9.81. The van der Waals surface area contributed by atoms with Crippen molar-refractivity contribution in [2.24, 2.45) is 0 Å². The number of oxazole rings is 1. The number of para-hydroxylation sites is 1. The molecule has 0 aliphatic heterocycles. The predicted octanol–water partition coefficient (Wildman–Crippen LogP) is 9.38. The van der Waals surface area contributed by atoms with Crippen LogP contribution in [0.2, 0.25) is 0 Å². The zero-order valence-corrected chi connectivity index (χ0v) is 23.2. The first-order valence-electron chi connectivity index (χ1n) is 13.7. The molecule has 0 aliphatic rings. The van der Waals surface area contributed by atoms with Crippen LogP contribution in [0.4, 0.5) is 0 Å². The number of nitrogens with zero attached hydrogens (tertiary/aromatic N) is 2. The number of rotatable bonds is 6. The maximum absolute atomic E-state index is 10.4. The maximum Gasteiger partial charge on any atom is 0.231 e. The van der Waals surface area contributed by atoms with Gasteiger partial charge >= 0.3 is 0 Å². The number of pyridine rings is 1. The summed E-state index contributed by atoms with van der Waals surface area (Å²) in [5.74, 6) is 0.860. The van der Waals surface area contributed by atoms with Crippen molar-refractivity contribution in [3.05, 3.63) is 126 Å². The minimum absolute atomic E-state index is 0.145. The van der Waals surface area contributed by atoms with Gasteiger partial charge in [0.05, 0.1) is 17.0 Å². The highest BCUT2D eigenvalue weighted by molar-refractivity contribution is 5.94. The minimum Gasteiger partial charge on any atom is -0.507 e. The third-order valence-corrected chi connectivity index (χ3v) is 7.67. The molecule has 2 heterocycles. The molecule has 0 saturated carbocycles. The summed E-state index contributed by atoms with van der Waals surface area (Å²) in [6.45, 7) is 8.77. The molecular formula is C36H32N2O2. The van der Waals surface area contributed by atoms with E-state index < -0.39 is 0 Å². The van der Waals surface area contributed by atoms with Gasteiger partial charge in [-0.05, 0) is 65.1 Å². The molecule has 198 valence electrons. The van der Waals surface area contributed by atoms with Gasteiger partial charge in [0.25, 0.3) is 0 Å². The van der Waals surface area contributed by atoms with E-state index in [0.717, 1.165) is 39.2 Å². The number of benzene rings is 4. The second-order valence-electron chi connectivity index (χ2n) is 11.1. The Morgan fingerprint density at radius 1 is 0.700 bits per heavy atom. The van der Waals surface area contributed by atoms with Gasteiger partial charge in [0.1, 0.15) is 11.3 Å². The molecule has 0 saturated heterocycles. The van der Waals surface area contributed by atoms with Gasteiger partial charge in [0.15, 0.2) is 5.58 Å². The van der Waals surface area contributed by atoms with Crippen molar-refractivity contribution in [2.75, 3.05) is 0 Å². The Hall–Kier alpha value is -4.70. The molecule has 6 aromatic rings. The topological polar surface area (TPSA) is 59.2 Å². The fourth-order valence-corrected chi connectivity index (χ4v) is 5.17. The summed E-state index contributed by atoms with van der Waals surface area (Å²) in [6, 6.07) is 36.6. The molecule has 4 heteroatoms. The summed E-state index contributed by atoms with van der Waals surface area (Å²) in [5, 5.41) is 10.4. The second-order valence-corrected chi connectivity index (χ2v) is 11.1. The van der Waals surface area contributed by atoms with E-state index in [2.05, 4.69) is 107 Å². The van der Waals surface area contributed by atoms with E-state index in [0.29, 0.717) is 23.0 Å². The predicted molar refractivity (Wildman–Crippen MR) is 162 cm³/mol. The van der Waals surface area contributed by atoms with Gasteiger partial charge in [-0.25, -0.2) is 4.98 Å². The number of phenolic OH excluding ortho intramolecular Hbond substituents is 1. The highest BCUT2D eigenvalue weighted by Gasteiger charge is 2.25. The third-order valence-electron chi connectivity index (χ3n) is 7.67. The Morgan fingerprint density at radius 2 is 1.43 bits per heavy atom. The molecule has 0 atom stereocenters. The van der Waals surface area contributed by atoms with Gasteiger partial charge in [-0.3, -0.25) is 4.98 Å². The van der Waals surface area contributed by atoms with E-state index in [9.17, 15) is 5.11 Å². The Labute approximate surface area is 235 Å². The molecule has 0 spiro atoms. The van der Waals surface area contributed by atoms with Crippen LogP contribution in [0.15, 0.2) is 114 Å². The van der Waals surface area contributed by atoms with Crippen molar-refractivity contribution in [3.63, 3.8) is 0 Å². The van der Waals surface area contributed by atoms with Crippen LogP contribution in [0.25, 0.3) is 44.9 Å². The van der Waals surface area contributed by atoms with Crippen LogP contribution >= 0.6 is 0 Å². The van der Waals surface area contributed by atoms with E-state index in [-0.39, 0.29) is 11.2 Å². The monoisotopic (exact) mass is 524 g/mol. The Balaban J connectivity index is 1.46. The van der Waals surface area contributed by atoms with E-state index >= 15 is 0 Å². The van der Waals surface area contributed by atoms with Crippen LogP contribution < -0.4 is 0 Å². The fraction of sp³-hybridized carbons (Fsp3) is 0.167. The summed E-state index contributed by atoms with van der Waals surface area (Å²) in [6.07, 6.45) is 0. The largest absolute Gasteiger partial charge is 0.507 e. The fourth-order valence-electron chi connectivity index (χ4n) is 5.17. The summed E-state index contributed by atoms with van der Waals surface area (Å²) in [5.41, 5.74) is 9.23. The molecule has 0 aliphatic carbocycles.